The molecule has 3 rings (SSSR count). The van der Waals surface area contributed by atoms with E-state index in [-0.39, 0.29) is 30.1 Å². The second-order valence-electron chi connectivity index (χ2n) is 6.14. The second kappa shape index (κ2) is 6.03. The Morgan fingerprint density at radius 2 is 1.79 bits per heavy atom. The molecule has 6 heteroatoms. The first-order valence-electron chi connectivity index (χ1n) is 7.73. The molecule has 0 aliphatic carbocycles. The van der Waals surface area contributed by atoms with Gasteiger partial charge in [-0.1, -0.05) is 17.2 Å². The van der Waals surface area contributed by atoms with Crippen molar-refractivity contribution in [2.45, 2.75) is 32.7 Å². The fourth-order valence-electron chi connectivity index (χ4n) is 2.96. The number of anilines is 1. The highest BCUT2D eigenvalue weighted by atomic mass is 16.5. The highest BCUT2D eigenvalue weighted by molar-refractivity contribution is 5.99. The number of rotatable bonds is 5. The molecule has 1 heterocycles. The van der Waals surface area contributed by atoms with Crippen LogP contribution >= 0.6 is 0 Å². The smallest absolute Gasteiger partial charge is 0.328 e. The maximum Gasteiger partial charge on any atom is 0.328 e. The standard InChI is InChI=1S/C18H17NO5/c1-9-5-10(2)7-11(6-9)14(20)8-12-15(17(22)16(12)21)19-13-3-4-24-18(13)23/h5-7,13,19H,3-4,8H2,1-2H3. The molecular weight excluding hydrogens is 310 g/mol. The van der Waals surface area contributed by atoms with Crippen LogP contribution < -0.4 is 16.2 Å². The number of carbonyl (C=O) groups is 2. The molecule has 0 aromatic heterocycles. The van der Waals surface area contributed by atoms with Crippen LogP contribution in [0.1, 0.15) is 33.5 Å². The van der Waals surface area contributed by atoms with E-state index in [1.165, 1.54) is 0 Å². The number of ketones is 1. The maximum atomic E-state index is 12.4. The molecule has 0 amide bonds. The highest BCUT2D eigenvalue weighted by Gasteiger charge is 2.31. The van der Waals surface area contributed by atoms with Gasteiger partial charge in [0.1, 0.15) is 6.04 Å². The van der Waals surface area contributed by atoms with E-state index in [1.807, 2.05) is 19.9 Å². The Morgan fingerprint density at radius 1 is 1.12 bits per heavy atom. The quantitative estimate of drug-likeness (QED) is 0.502. The SMILES string of the molecule is Cc1cc(C)cc(C(=O)Cc2c(NC3CCOC3=O)c(=O)c2=O)c1. The summed E-state index contributed by atoms with van der Waals surface area (Å²) in [5.41, 5.74) is 1.28. The van der Waals surface area contributed by atoms with Gasteiger partial charge >= 0.3 is 5.97 Å². The lowest BCUT2D eigenvalue weighted by Crippen LogP contribution is -2.42. The van der Waals surface area contributed by atoms with E-state index in [4.69, 9.17) is 4.74 Å². The van der Waals surface area contributed by atoms with Gasteiger partial charge in [0, 0.05) is 24.0 Å². The zero-order valence-electron chi connectivity index (χ0n) is 13.5. The second-order valence-corrected chi connectivity index (χ2v) is 6.14. The molecule has 2 aromatic rings. The summed E-state index contributed by atoms with van der Waals surface area (Å²) in [6.07, 6.45) is 0.277. The topological polar surface area (TPSA) is 89.5 Å². The first-order valence-corrected chi connectivity index (χ1v) is 7.73. The Labute approximate surface area is 138 Å². The van der Waals surface area contributed by atoms with Crippen molar-refractivity contribution in [3.05, 3.63) is 60.9 Å². The summed E-state index contributed by atoms with van der Waals surface area (Å²) in [7, 11) is 0. The van der Waals surface area contributed by atoms with E-state index >= 15 is 0 Å². The van der Waals surface area contributed by atoms with E-state index in [9.17, 15) is 19.2 Å². The van der Waals surface area contributed by atoms with Crippen LogP contribution in [0.15, 0.2) is 27.8 Å². The number of aryl methyl sites for hydroxylation is 2. The number of benzene rings is 1. The molecule has 1 aliphatic heterocycles. The first kappa shape index (κ1) is 16.1. The molecule has 0 spiro atoms. The first-order chi connectivity index (χ1) is 11.4. The predicted molar refractivity (Wildman–Crippen MR) is 88.3 cm³/mol. The third-order valence-electron chi connectivity index (χ3n) is 4.14. The van der Waals surface area contributed by atoms with Crippen molar-refractivity contribution >= 4 is 17.4 Å². The van der Waals surface area contributed by atoms with Gasteiger partial charge in [0.15, 0.2) is 5.78 Å². The molecule has 0 radical (unpaired) electrons. The van der Waals surface area contributed by atoms with Crippen molar-refractivity contribution in [2.24, 2.45) is 0 Å². The van der Waals surface area contributed by atoms with Crippen LogP contribution in [0.25, 0.3) is 0 Å². The zero-order chi connectivity index (χ0) is 17.4. The van der Waals surface area contributed by atoms with Crippen molar-refractivity contribution in [2.75, 3.05) is 11.9 Å². The summed E-state index contributed by atoms with van der Waals surface area (Å²) < 4.78 is 4.82. The van der Waals surface area contributed by atoms with Crippen LogP contribution in [0.5, 0.6) is 0 Å². The van der Waals surface area contributed by atoms with Crippen molar-refractivity contribution in [3.63, 3.8) is 0 Å². The van der Waals surface area contributed by atoms with Gasteiger partial charge in [-0.2, -0.15) is 0 Å². The van der Waals surface area contributed by atoms with Gasteiger partial charge in [-0.25, -0.2) is 4.79 Å². The van der Waals surface area contributed by atoms with Crippen LogP contribution in [-0.4, -0.2) is 24.4 Å². The summed E-state index contributed by atoms with van der Waals surface area (Å²) in [4.78, 5) is 47.5. The van der Waals surface area contributed by atoms with Gasteiger partial charge in [-0.05, 0) is 26.0 Å². The molecule has 1 unspecified atom stereocenters. The third-order valence-corrected chi connectivity index (χ3v) is 4.14. The minimum absolute atomic E-state index is 0.0709. The lowest BCUT2D eigenvalue weighted by atomic mass is 9.95. The molecule has 1 saturated heterocycles. The van der Waals surface area contributed by atoms with E-state index in [2.05, 4.69) is 5.32 Å². The van der Waals surface area contributed by atoms with Gasteiger partial charge in [-0.3, -0.25) is 14.4 Å². The number of cyclic esters (lactones) is 1. The van der Waals surface area contributed by atoms with Crippen molar-refractivity contribution in [1.29, 1.82) is 0 Å². The number of hydrogen-bond donors (Lipinski definition) is 1. The van der Waals surface area contributed by atoms with E-state index < -0.39 is 22.9 Å². The number of hydrogen-bond acceptors (Lipinski definition) is 6. The summed E-state index contributed by atoms with van der Waals surface area (Å²) >= 11 is 0. The van der Waals surface area contributed by atoms with Gasteiger partial charge in [0.05, 0.1) is 12.3 Å². The highest BCUT2D eigenvalue weighted by Crippen LogP contribution is 2.18. The summed E-state index contributed by atoms with van der Waals surface area (Å²) in [6, 6.07) is 4.82. The molecular formula is C18H17NO5. The Kier molecular flexibility index (Phi) is 4.05. The van der Waals surface area contributed by atoms with Crippen LogP contribution in [-0.2, 0) is 16.0 Å². The van der Waals surface area contributed by atoms with Gasteiger partial charge in [0.25, 0.3) is 0 Å². The molecule has 1 atom stereocenters. The summed E-state index contributed by atoms with van der Waals surface area (Å²) in [5, 5.41) is 2.76. The van der Waals surface area contributed by atoms with Gasteiger partial charge < -0.3 is 10.1 Å². The average Bonchev–Trinajstić information content (AvgIpc) is 2.94. The van der Waals surface area contributed by atoms with E-state index in [0.29, 0.717) is 12.0 Å². The summed E-state index contributed by atoms with van der Waals surface area (Å²) in [5.74, 6) is -0.680. The van der Waals surface area contributed by atoms with Crippen LogP contribution in [0.4, 0.5) is 5.69 Å². The Bertz CT molecular complexity index is 884. The minimum Gasteiger partial charge on any atom is -0.464 e. The third kappa shape index (κ3) is 2.87. The average molecular weight is 327 g/mol. The zero-order valence-corrected chi connectivity index (χ0v) is 13.5. The minimum atomic E-state index is -0.682. The van der Waals surface area contributed by atoms with Gasteiger partial charge in [0.2, 0.25) is 10.9 Å². The molecule has 1 aliphatic rings. The predicted octanol–water partition coefficient (Wildman–Crippen LogP) is 1.05. The fourth-order valence-corrected chi connectivity index (χ4v) is 2.96. The molecule has 6 nitrogen and oxygen atoms in total. The Balaban J connectivity index is 1.81. The van der Waals surface area contributed by atoms with E-state index in [1.54, 1.807) is 12.1 Å². The number of nitrogens with one attached hydrogen (secondary N) is 1. The number of ether oxygens (including phenoxy) is 1. The van der Waals surface area contributed by atoms with Crippen molar-refractivity contribution in [1.82, 2.24) is 0 Å². The Morgan fingerprint density at radius 3 is 2.38 bits per heavy atom. The number of Topliss-reactive ketones (excluding diaryl/α,β-unsaturated/α-hetero) is 1. The molecule has 0 bridgehead atoms. The molecule has 1 fully saturated rings. The maximum absolute atomic E-state index is 12.4. The molecule has 2 aromatic carbocycles. The molecule has 1 N–H and O–H groups in total. The van der Waals surface area contributed by atoms with Crippen LogP contribution in [0.3, 0.4) is 0 Å². The monoisotopic (exact) mass is 327 g/mol. The van der Waals surface area contributed by atoms with Crippen molar-refractivity contribution < 1.29 is 14.3 Å². The van der Waals surface area contributed by atoms with E-state index in [0.717, 1.165) is 11.1 Å². The molecule has 124 valence electrons. The molecule has 24 heavy (non-hydrogen) atoms. The fraction of sp³-hybridized carbons (Fsp3) is 0.333. The number of esters is 1. The lowest BCUT2D eigenvalue weighted by molar-refractivity contribution is -0.138. The van der Waals surface area contributed by atoms with Crippen molar-refractivity contribution in [3.8, 4) is 0 Å². The summed E-state index contributed by atoms with van der Waals surface area (Å²) in [6.45, 7) is 4.06. The van der Waals surface area contributed by atoms with Crippen LogP contribution in [0.2, 0.25) is 0 Å². The van der Waals surface area contributed by atoms with Crippen LogP contribution in [0, 0.1) is 13.8 Å². The van der Waals surface area contributed by atoms with Gasteiger partial charge in [-0.15, -0.1) is 0 Å². The Hall–Kier alpha value is -2.76. The lowest BCUT2D eigenvalue weighted by Gasteiger charge is -2.15. The molecule has 0 saturated carbocycles. The number of carbonyl (C=O) groups excluding carboxylic acids is 2. The largest absolute Gasteiger partial charge is 0.464 e. The normalized spacial score (nSPS) is 17.1.